The number of methoxy groups -OCH3 is 1. The van der Waals surface area contributed by atoms with Crippen LogP contribution < -0.4 is 15.6 Å². The lowest BCUT2D eigenvalue weighted by Gasteiger charge is -2.13. The Bertz CT molecular complexity index is 1490. The van der Waals surface area contributed by atoms with E-state index >= 15 is 0 Å². The maximum absolute atomic E-state index is 13.3. The standard InChI is InChI=1S/C28H24N4O3/c1-35-23-14-8-11-21(15-23)16-29-27(33)24-18-31(17-20-9-4-2-5-10-20)19-25-26(24)30-32(28(25)34)22-12-6-3-7-13-22/h2-15,18-19H,16-17H2,1H3,(H,29,33). The Morgan fingerprint density at radius 2 is 1.63 bits per heavy atom. The minimum absolute atomic E-state index is 0.268. The number of para-hydroxylation sites is 1. The molecule has 5 rings (SSSR count). The molecular weight excluding hydrogens is 440 g/mol. The van der Waals surface area contributed by atoms with Gasteiger partial charge in [-0.15, -0.1) is 0 Å². The molecule has 2 heterocycles. The van der Waals surface area contributed by atoms with Gasteiger partial charge in [0, 0.05) is 25.5 Å². The minimum atomic E-state index is -0.307. The second-order valence-corrected chi connectivity index (χ2v) is 8.18. The van der Waals surface area contributed by atoms with Crippen LogP contribution >= 0.6 is 0 Å². The summed E-state index contributed by atoms with van der Waals surface area (Å²) in [7, 11) is 1.60. The summed E-state index contributed by atoms with van der Waals surface area (Å²) in [6, 6.07) is 26.6. The fraction of sp³-hybridized carbons (Fsp3) is 0.107. The SMILES string of the molecule is COc1cccc(CNC(=O)c2cn(Cc3ccccc3)cc3c(=O)n(-c4ccccc4)nc2-3)c1. The first-order valence-electron chi connectivity index (χ1n) is 11.3. The highest BCUT2D eigenvalue weighted by atomic mass is 16.5. The topological polar surface area (TPSA) is 78.1 Å². The van der Waals surface area contributed by atoms with E-state index in [1.807, 2.05) is 89.5 Å². The summed E-state index contributed by atoms with van der Waals surface area (Å²) < 4.78 is 8.47. The molecule has 3 aromatic carbocycles. The van der Waals surface area contributed by atoms with Gasteiger partial charge >= 0.3 is 0 Å². The number of hydrogen-bond acceptors (Lipinski definition) is 4. The Labute approximate surface area is 202 Å². The molecule has 7 nitrogen and oxygen atoms in total. The average Bonchev–Trinajstić information content (AvgIpc) is 3.24. The van der Waals surface area contributed by atoms with Gasteiger partial charge in [-0.2, -0.15) is 9.78 Å². The summed E-state index contributed by atoms with van der Waals surface area (Å²) in [5.41, 5.74) is 3.43. The van der Waals surface area contributed by atoms with E-state index in [0.717, 1.165) is 16.9 Å². The third kappa shape index (κ3) is 4.70. The number of aromatic nitrogens is 3. The molecule has 35 heavy (non-hydrogen) atoms. The van der Waals surface area contributed by atoms with Crippen LogP contribution in [0.2, 0.25) is 0 Å². The fourth-order valence-electron chi connectivity index (χ4n) is 4.02. The molecule has 7 heteroatoms. The molecule has 0 spiro atoms. The molecule has 0 aliphatic carbocycles. The Morgan fingerprint density at radius 1 is 0.914 bits per heavy atom. The second kappa shape index (κ2) is 9.69. The molecule has 0 atom stereocenters. The van der Waals surface area contributed by atoms with Crippen molar-refractivity contribution >= 4 is 5.91 Å². The Hall–Kier alpha value is -4.65. The van der Waals surface area contributed by atoms with Gasteiger partial charge in [-0.3, -0.25) is 9.59 Å². The third-order valence-corrected chi connectivity index (χ3v) is 5.76. The van der Waals surface area contributed by atoms with Crippen molar-refractivity contribution < 1.29 is 9.53 Å². The van der Waals surface area contributed by atoms with E-state index in [9.17, 15) is 9.59 Å². The number of nitrogens with zero attached hydrogens (tertiary/aromatic N) is 3. The van der Waals surface area contributed by atoms with Gasteiger partial charge in [0.2, 0.25) is 0 Å². The molecule has 0 bridgehead atoms. The maximum atomic E-state index is 13.3. The molecule has 2 aliphatic rings. The van der Waals surface area contributed by atoms with Crippen molar-refractivity contribution in [3.63, 3.8) is 0 Å². The van der Waals surface area contributed by atoms with Crippen molar-refractivity contribution in [2.75, 3.05) is 7.11 Å². The second-order valence-electron chi connectivity index (χ2n) is 8.18. The largest absolute Gasteiger partial charge is 0.497 e. The van der Waals surface area contributed by atoms with Gasteiger partial charge < -0.3 is 14.6 Å². The van der Waals surface area contributed by atoms with E-state index in [-0.39, 0.29) is 11.5 Å². The van der Waals surface area contributed by atoms with Crippen LogP contribution in [-0.4, -0.2) is 27.4 Å². The number of carbonyl (C=O) groups is 1. The highest BCUT2D eigenvalue weighted by Gasteiger charge is 2.24. The van der Waals surface area contributed by atoms with Gasteiger partial charge in [0.1, 0.15) is 11.4 Å². The van der Waals surface area contributed by atoms with Gasteiger partial charge in [0.15, 0.2) is 0 Å². The Morgan fingerprint density at radius 3 is 2.37 bits per heavy atom. The number of rotatable bonds is 7. The summed E-state index contributed by atoms with van der Waals surface area (Å²) in [5.74, 6) is 0.412. The van der Waals surface area contributed by atoms with E-state index in [1.165, 1.54) is 4.68 Å². The predicted octanol–water partition coefficient (Wildman–Crippen LogP) is 4.13. The predicted molar refractivity (Wildman–Crippen MR) is 134 cm³/mol. The lowest BCUT2D eigenvalue weighted by Crippen LogP contribution is -2.25. The molecule has 0 aromatic heterocycles. The molecule has 174 valence electrons. The van der Waals surface area contributed by atoms with Crippen LogP contribution in [0, 0.1) is 0 Å². The van der Waals surface area contributed by atoms with Crippen LogP contribution in [0.25, 0.3) is 16.9 Å². The van der Waals surface area contributed by atoms with Crippen molar-refractivity contribution in [2.45, 2.75) is 13.1 Å². The van der Waals surface area contributed by atoms with Crippen molar-refractivity contribution in [3.05, 3.63) is 124 Å². The van der Waals surface area contributed by atoms with Crippen molar-refractivity contribution in [1.29, 1.82) is 0 Å². The Balaban J connectivity index is 1.54. The first-order chi connectivity index (χ1) is 17.1. The molecule has 1 amide bonds. The van der Waals surface area contributed by atoms with Crippen LogP contribution in [0.4, 0.5) is 0 Å². The highest BCUT2D eigenvalue weighted by molar-refractivity contribution is 5.99. The van der Waals surface area contributed by atoms with Crippen LogP contribution in [0.1, 0.15) is 21.5 Å². The summed E-state index contributed by atoms with van der Waals surface area (Å²) in [6.45, 7) is 0.831. The normalized spacial score (nSPS) is 10.9. The monoisotopic (exact) mass is 464 g/mol. The fourth-order valence-corrected chi connectivity index (χ4v) is 4.02. The number of hydrogen-bond donors (Lipinski definition) is 1. The average molecular weight is 465 g/mol. The van der Waals surface area contributed by atoms with E-state index in [2.05, 4.69) is 10.4 Å². The number of benzene rings is 3. The zero-order valence-corrected chi connectivity index (χ0v) is 19.2. The van der Waals surface area contributed by atoms with Gasteiger partial charge in [-0.05, 0) is 35.4 Å². The first kappa shape index (κ1) is 22.2. The Kier molecular flexibility index (Phi) is 6.13. The molecule has 0 fully saturated rings. The quantitative estimate of drug-likeness (QED) is 0.393. The maximum Gasteiger partial charge on any atom is 0.282 e. The zero-order valence-electron chi connectivity index (χ0n) is 19.2. The van der Waals surface area contributed by atoms with Crippen molar-refractivity contribution in [3.8, 4) is 22.7 Å². The molecular formula is C28H24N4O3. The van der Waals surface area contributed by atoms with E-state index in [0.29, 0.717) is 35.6 Å². The van der Waals surface area contributed by atoms with E-state index in [1.54, 1.807) is 19.5 Å². The molecule has 0 unspecified atom stereocenters. The number of carbonyl (C=O) groups excluding carboxylic acids is 1. The van der Waals surface area contributed by atoms with Gasteiger partial charge in [-0.25, -0.2) is 0 Å². The molecule has 3 aromatic rings. The molecule has 1 N–H and O–H groups in total. The van der Waals surface area contributed by atoms with Crippen molar-refractivity contribution in [2.24, 2.45) is 0 Å². The molecule has 0 saturated carbocycles. The summed E-state index contributed by atoms with van der Waals surface area (Å²) in [4.78, 5) is 26.6. The first-order valence-corrected chi connectivity index (χ1v) is 11.3. The summed E-state index contributed by atoms with van der Waals surface area (Å²) in [6.07, 6.45) is 3.51. The number of fused-ring (bicyclic) bond motifs is 1. The van der Waals surface area contributed by atoms with Gasteiger partial charge in [0.05, 0.1) is 23.9 Å². The van der Waals surface area contributed by atoms with Gasteiger partial charge in [-0.1, -0.05) is 60.7 Å². The highest BCUT2D eigenvalue weighted by Crippen LogP contribution is 2.23. The lowest BCUT2D eigenvalue weighted by atomic mass is 10.1. The smallest absolute Gasteiger partial charge is 0.282 e. The number of nitrogens with one attached hydrogen (secondary N) is 1. The number of ether oxygens (including phenoxy) is 1. The van der Waals surface area contributed by atoms with Crippen LogP contribution in [-0.2, 0) is 13.1 Å². The van der Waals surface area contributed by atoms with Crippen LogP contribution in [0.15, 0.2) is 102 Å². The van der Waals surface area contributed by atoms with Crippen LogP contribution in [0.3, 0.4) is 0 Å². The third-order valence-electron chi connectivity index (χ3n) is 5.76. The number of pyridine rings is 1. The van der Waals surface area contributed by atoms with Crippen molar-refractivity contribution in [1.82, 2.24) is 19.7 Å². The summed E-state index contributed by atoms with van der Waals surface area (Å²) in [5, 5.41) is 7.50. The van der Waals surface area contributed by atoms with E-state index < -0.39 is 0 Å². The van der Waals surface area contributed by atoms with E-state index in [4.69, 9.17) is 4.74 Å². The van der Waals surface area contributed by atoms with Crippen LogP contribution in [0.5, 0.6) is 5.75 Å². The van der Waals surface area contributed by atoms with Gasteiger partial charge in [0.25, 0.3) is 11.5 Å². The molecule has 2 aliphatic heterocycles. The molecule has 0 saturated heterocycles. The molecule has 0 radical (unpaired) electrons. The number of amides is 1. The lowest BCUT2D eigenvalue weighted by molar-refractivity contribution is 0.0950. The minimum Gasteiger partial charge on any atom is -0.497 e. The summed E-state index contributed by atoms with van der Waals surface area (Å²) >= 11 is 0. The zero-order chi connectivity index (χ0) is 24.2.